The predicted molar refractivity (Wildman–Crippen MR) is 55.3 cm³/mol. The second-order valence-electron chi connectivity index (χ2n) is 3.21. The molecule has 8 heteroatoms. The summed E-state index contributed by atoms with van der Waals surface area (Å²) < 4.78 is 26.8. The molecular formula is C8H13N3O4S. The van der Waals surface area contributed by atoms with Crippen LogP contribution in [0.15, 0.2) is 17.3 Å². The zero-order valence-electron chi connectivity index (χ0n) is 8.91. The van der Waals surface area contributed by atoms with E-state index in [1.807, 2.05) is 11.6 Å². The summed E-state index contributed by atoms with van der Waals surface area (Å²) >= 11 is 0. The lowest BCUT2D eigenvalue weighted by Crippen LogP contribution is -2.38. The van der Waals surface area contributed by atoms with Crippen LogP contribution >= 0.6 is 0 Å². The Morgan fingerprint density at radius 3 is 2.75 bits per heavy atom. The van der Waals surface area contributed by atoms with Crippen molar-refractivity contribution in [2.75, 3.05) is 0 Å². The van der Waals surface area contributed by atoms with Crippen LogP contribution in [0.5, 0.6) is 0 Å². The lowest BCUT2D eigenvalue weighted by atomic mass is 10.4. The molecule has 7 nitrogen and oxygen atoms in total. The lowest BCUT2D eigenvalue weighted by Gasteiger charge is -2.07. The van der Waals surface area contributed by atoms with Crippen LogP contribution in [-0.2, 0) is 21.4 Å². The van der Waals surface area contributed by atoms with E-state index in [4.69, 9.17) is 5.11 Å². The van der Waals surface area contributed by atoms with Crippen molar-refractivity contribution < 1.29 is 18.3 Å². The number of aromatic nitrogens is 2. The Balaban J connectivity index is 2.90. The van der Waals surface area contributed by atoms with Gasteiger partial charge in [0.05, 0.1) is 6.20 Å². The highest BCUT2D eigenvalue weighted by Gasteiger charge is 2.22. The normalized spacial score (nSPS) is 13.6. The zero-order valence-corrected chi connectivity index (χ0v) is 9.73. The highest BCUT2D eigenvalue weighted by atomic mass is 32.2. The smallest absolute Gasteiger partial charge is 0.321 e. The third-order valence-electron chi connectivity index (χ3n) is 1.95. The van der Waals surface area contributed by atoms with Gasteiger partial charge >= 0.3 is 5.97 Å². The van der Waals surface area contributed by atoms with E-state index < -0.39 is 22.0 Å². The number of carbonyl (C=O) groups is 1. The van der Waals surface area contributed by atoms with Gasteiger partial charge in [-0.2, -0.15) is 9.82 Å². The van der Waals surface area contributed by atoms with Crippen LogP contribution < -0.4 is 4.72 Å². The fourth-order valence-electron chi connectivity index (χ4n) is 1.01. The van der Waals surface area contributed by atoms with Crippen LogP contribution in [0.3, 0.4) is 0 Å². The van der Waals surface area contributed by atoms with E-state index in [-0.39, 0.29) is 4.90 Å². The zero-order chi connectivity index (χ0) is 12.3. The van der Waals surface area contributed by atoms with E-state index in [2.05, 4.69) is 5.10 Å². The fourth-order valence-corrected chi connectivity index (χ4v) is 2.16. The molecule has 0 saturated carbocycles. The first-order valence-corrected chi connectivity index (χ1v) is 6.12. The summed E-state index contributed by atoms with van der Waals surface area (Å²) in [6.45, 7) is 3.62. The molecule has 0 fully saturated rings. The molecule has 0 aliphatic rings. The standard InChI is InChI=1S/C8H13N3O4S/c1-3-11-5-7(4-9-11)16(14,15)10-6(2)8(12)13/h4-6,10H,3H2,1-2H3,(H,12,13)/t6-/m1/s1. The number of aliphatic carboxylic acids is 1. The molecule has 0 unspecified atom stereocenters. The van der Waals surface area contributed by atoms with Crippen LogP contribution in [-0.4, -0.2) is 35.3 Å². The minimum atomic E-state index is -3.81. The third kappa shape index (κ3) is 2.80. The summed E-state index contributed by atoms with van der Waals surface area (Å²) in [5.74, 6) is -1.23. The molecule has 90 valence electrons. The Morgan fingerprint density at radius 2 is 2.31 bits per heavy atom. The SMILES string of the molecule is CCn1cc(S(=O)(=O)N[C@H](C)C(=O)O)cn1. The van der Waals surface area contributed by atoms with E-state index >= 15 is 0 Å². The predicted octanol–water partition coefficient (Wildman–Crippen LogP) is -0.346. The van der Waals surface area contributed by atoms with Crippen molar-refractivity contribution in [1.82, 2.24) is 14.5 Å². The average molecular weight is 247 g/mol. The summed E-state index contributed by atoms with van der Waals surface area (Å²) in [6, 6.07) is -1.17. The first-order chi connectivity index (χ1) is 7.36. The van der Waals surface area contributed by atoms with Gasteiger partial charge in [-0.3, -0.25) is 9.48 Å². The second-order valence-corrected chi connectivity index (χ2v) is 4.93. The number of carboxylic acids is 1. The van der Waals surface area contributed by atoms with Gasteiger partial charge in [0.1, 0.15) is 10.9 Å². The lowest BCUT2D eigenvalue weighted by molar-refractivity contribution is -0.138. The Labute approximate surface area is 93.1 Å². The molecule has 0 radical (unpaired) electrons. The number of sulfonamides is 1. The van der Waals surface area contributed by atoms with Crippen LogP contribution in [0.2, 0.25) is 0 Å². The molecule has 1 rings (SSSR count). The summed E-state index contributed by atoms with van der Waals surface area (Å²) in [7, 11) is -3.81. The molecule has 0 amide bonds. The molecular weight excluding hydrogens is 234 g/mol. The van der Waals surface area contributed by atoms with Gasteiger partial charge in [-0.1, -0.05) is 0 Å². The fraction of sp³-hybridized carbons (Fsp3) is 0.500. The van der Waals surface area contributed by atoms with Crippen LogP contribution in [0, 0.1) is 0 Å². The van der Waals surface area contributed by atoms with E-state index in [0.29, 0.717) is 6.54 Å². The maximum absolute atomic E-state index is 11.6. The van der Waals surface area contributed by atoms with Crippen LogP contribution in [0.1, 0.15) is 13.8 Å². The largest absolute Gasteiger partial charge is 0.480 e. The highest BCUT2D eigenvalue weighted by molar-refractivity contribution is 7.89. The topological polar surface area (TPSA) is 101 Å². The summed E-state index contributed by atoms with van der Waals surface area (Å²) in [5.41, 5.74) is 0. The molecule has 1 atom stereocenters. The van der Waals surface area contributed by atoms with Gasteiger partial charge < -0.3 is 5.11 Å². The Kier molecular flexibility index (Phi) is 3.66. The molecule has 0 spiro atoms. The number of aryl methyl sites for hydroxylation is 1. The third-order valence-corrected chi connectivity index (χ3v) is 3.44. The van der Waals surface area contributed by atoms with Crippen LogP contribution in [0.25, 0.3) is 0 Å². The minimum absolute atomic E-state index is 0.0394. The Hall–Kier alpha value is -1.41. The molecule has 1 aromatic heterocycles. The monoisotopic (exact) mass is 247 g/mol. The number of hydrogen-bond acceptors (Lipinski definition) is 4. The Bertz CT molecular complexity index is 479. The molecule has 1 heterocycles. The number of nitrogens with one attached hydrogen (secondary N) is 1. The van der Waals surface area contributed by atoms with Gasteiger partial charge in [0, 0.05) is 12.7 Å². The molecule has 16 heavy (non-hydrogen) atoms. The van der Waals surface area contributed by atoms with Crippen molar-refractivity contribution in [2.24, 2.45) is 0 Å². The molecule has 0 bridgehead atoms. The summed E-state index contributed by atoms with van der Waals surface area (Å²) in [6.07, 6.45) is 2.53. The van der Waals surface area contributed by atoms with Gasteiger partial charge in [0.15, 0.2) is 0 Å². The van der Waals surface area contributed by atoms with Crippen molar-refractivity contribution in [1.29, 1.82) is 0 Å². The van der Waals surface area contributed by atoms with Crippen molar-refractivity contribution in [3.8, 4) is 0 Å². The highest BCUT2D eigenvalue weighted by Crippen LogP contribution is 2.07. The van der Waals surface area contributed by atoms with Crippen LogP contribution in [0.4, 0.5) is 0 Å². The second kappa shape index (κ2) is 4.62. The molecule has 0 aliphatic carbocycles. The van der Waals surface area contributed by atoms with Gasteiger partial charge in [0.25, 0.3) is 0 Å². The maximum atomic E-state index is 11.6. The number of nitrogens with zero attached hydrogens (tertiary/aromatic N) is 2. The first-order valence-electron chi connectivity index (χ1n) is 4.64. The van der Waals surface area contributed by atoms with Gasteiger partial charge in [-0.25, -0.2) is 8.42 Å². The number of rotatable bonds is 5. The van der Waals surface area contributed by atoms with Gasteiger partial charge in [0.2, 0.25) is 10.0 Å². The summed E-state index contributed by atoms with van der Waals surface area (Å²) in [5, 5.41) is 12.4. The molecule has 2 N–H and O–H groups in total. The van der Waals surface area contributed by atoms with Gasteiger partial charge in [-0.15, -0.1) is 0 Å². The van der Waals surface area contributed by atoms with Gasteiger partial charge in [-0.05, 0) is 13.8 Å². The molecule has 1 aromatic rings. The van der Waals surface area contributed by atoms with Crippen molar-refractivity contribution >= 4 is 16.0 Å². The molecule has 0 aromatic carbocycles. The summed E-state index contributed by atoms with van der Waals surface area (Å²) in [4.78, 5) is 10.5. The average Bonchev–Trinajstić information content (AvgIpc) is 2.65. The number of hydrogen-bond donors (Lipinski definition) is 2. The van der Waals surface area contributed by atoms with Crippen molar-refractivity contribution in [3.63, 3.8) is 0 Å². The maximum Gasteiger partial charge on any atom is 0.321 e. The minimum Gasteiger partial charge on any atom is -0.480 e. The molecule has 0 saturated heterocycles. The van der Waals surface area contributed by atoms with E-state index in [9.17, 15) is 13.2 Å². The molecule has 0 aliphatic heterocycles. The first kappa shape index (κ1) is 12.7. The van der Waals surface area contributed by atoms with E-state index in [0.717, 1.165) is 0 Å². The van der Waals surface area contributed by atoms with E-state index in [1.165, 1.54) is 24.0 Å². The Morgan fingerprint density at radius 1 is 1.69 bits per heavy atom. The quantitative estimate of drug-likeness (QED) is 0.740. The van der Waals surface area contributed by atoms with E-state index in [1.54, 1.807) is 0 Å². The van der Waals surface area contributed by atoms with Crippen molar-refractivity contribution in [2.45, 2.75) is 31.3 Å². The van der Waals surface area contributed by atoms with Crippen molar-refractivity contribution in [3.05, 3.63) is 12.4 Å². The number of carboxylic acid groups (broad SMARTS) is 1.